The molecule has 2 aromatic heterocycles. The number of aromatic nitrogens is 2. The van der Waals surface area contributed by atoms with Crippen molar-refractivity contribution in [3.63, 3.8) is 0 Å². The second-order valence-corrected chi connectivity index (χ2v) is 4.66. The van der Waals surface area contributed by atoms with Gasteiger partial charge in [-0.3, -0.25) is 0 Å². The van der Waals surface area contributed by atoms with Gasteiger partial charge in [-0.25, -0.2) is 4.52 Å². The van der Waals surface area contributed by atoms with E-state index in [1.54, 1.807) is 0 Å². The van der Waals surface area contributed by atoms with E-state index < -0.39 is 0 Å². The lowest BCUT2D eigenvalue weighted by molar-refractivity contribution is 0.461. The van der Waals surface area contributed by atoms with Crippen molar-refractivity contribution < 1.29 is 0 Å². The number of fused-ring (bicyclic) bond motifs is 1. The summed E-state index contributed by atoms with van der Waals surface area (Å²) >= 11 is 0. The van der Waals surface area contributed by atoms with Crippen molar-refractivity contribution >= 4 is 5.52 Å². The number of rotatable bonds is 1. The van der Waals surface area contributed by atoms with Crippen LogP contribution in [0.3, 0.4) is 0 Å². The summed E-state index contributed by atoms with van der Waals surface area (Å²) in [6.07, 6.45) is 4.66. The maximum atomic E-state index is 4.40. The predicted octanol–water partition coefficient (Wildman–Crippen LogP) is 2.11. The molecular weight excluding hydrogens is 198 g/mol. The van der Waals surface area contributed by atoms with E-state index >= 15 is 0 Å². The first-order valence-corrected chi connectivity index (χ1v) is 5.99. The van der Waals surface area contributed by atoms with E-state index in [9.17, 15) is 0 Å². The molecule has 0 spiro atoms. The van der Waals surface area contributed by atoms with Gasteiger partial charge in [0.05, 0.1) is 11.2 Å². The van der Waals surface area contributed by atoms with Crippen molar-refractivity contribution in [2.24, 2.45) is 0 Å². The third kappa shape index (κ3) is 1.71. The molecule has 1 N–H and O–H groups in total. The van der Waals surface area contributed by atoms with E-state index in [4.69, 9.17) is 0 Å². The van der Waals surface area contributed by atoms with Gasteiger partial charge in [-0.1, -0.05) is 0 Å². The number of hydrogen-bond acceptors (Lipinski definition) is 2. The van der Waals surface area contributed by atoms with Gasteiger partial charge in [0.1, 0.15) is 0 Å². The Morgan fingerprint density at radius 3 is 3.19 bits per heavy atom. The number of hydrogen-bond donors (Lipinski definition) is 1. The average Bonchev–Trinajstić information content (AvgIpc) is 2.69. The van der Waals surface area contributed by atoms with Gasteiger partial charge in [0.25, 0.3) is 0 Å². The first-order chi connectivity index (χ1) is 7.83. The van der Waals surface area contributed by atoms with Crippen LogP contribution < -0.4 is 5.32 Å². The highest BCUT2D eigenvalue weighted by atomic mass is 15.2. The molecule has 3 heterocycles. The molecule has 84 valence electrons. The van der Waals surface area contributed by atoms with Gasteiger partial charge in [-0.05, 0) is 56.0 Å². The van der Waals surface area contributed by atoms with Crippen molar-refractivity contribution in [3.8, 4) is 0 Å². The Bertz CT molecular complexity index is 495. The summed E-state index contributed by atoms with van der Waals surface area (Å²) in [4.78, 5) is 0. The molecule has 0 amide bonds. The van der Waals surface area contributed by atoms with Crippen LogP contribution in [0.4, 0.5) is 0 Å². The molecule has 0 aromatic carbocycles. The molecule has 3 heteroatoms. The van der Waals surface area contributed by atoms with Crippen LogP contribution in [0.25, 0.3) is 5.52 Å². The summed E-state index contributed by atoms with van der Waals surface area (Å²) in [6.45, 7) is 4.32. The topological polar surface area (TPSA) is 29.3 Å². The zero-order chi connectivity index (χ0) is 11.0. The van der Waals surface area contributed by atoms with Crippen molar-refractivity contribution in [3.05, 3.63) is 35.7 Å². The molecule has 0 radical (unpaired) electrons. The minimum Gasteiger partial charge on any atom is -0.316 e. The van der Waals surface area contributed by atoms with Crippen LogP contribution in [0.2, 0.25) is 0 Å². The molecule has 0 aliphatic carbocycles. The van der Waals surface area contributed by atoms with Gasteiger partial charge in [0.2, 0.25) is 0 Å². The lowest BCUT2D eigenvalue weighted by Gasteiger charge is -2.23. The Labute approximate surface area is 95.5 Å². The smallest absolute Gasteiger partial charge is 0.0667 e. The Hall–Kier alpha value is -1.35. The molecule has 3 nitrogen and oxygen atoms in total. The van der Waals surface area contributed by atoms with Crippen LogP contribution in [0, 0.1) is 6.92 Å². The largest absolute Gasteiger partial charge is 0.316 e. The van der Waals surface area contributed by atoms with E-state index in [2.05, 4.69) is 34.8 Å². The van der Waals surface area contributed by atoms with E-state index in [-0.39, 0.29) is 0 Å². The fourth-order valence-electron chi connectivity index (χ4n) is 2.53. The summed E-state index contributed by atoms with van der Waals surface area (Å²) in [5, 5.41) is 7.86. The summed E-state index contributed by atoms with van der Waals surface area (Å²) in [5.74, 6) is 0.675. The van der Waals surface area contributed by atoms with E-state index in [1.807, 2.05) is 11.4 Å². The molecule has 0 saturated carbocycles. The standard InChI is InChI=1S/C13H17N3/c1-10-7-13-8-11(4-6-16(13)15-10)12-3-2-5-14-9-12/h4,6-8,12,14H,2-3,5,9H2,1H3. The van der Waals surface area contributed by atoms with Gasteiger partial charge in [-0.2, -0.15) is 5.10 Å². The zero-order valence-corrected chi connectivity index (χ0v) is 9.61. The first kappa shape index (κ1) is 9.85. The SMILES string of the molecule is Cc1cc2cc(C3CCCNC3)ccn2n1. The molecule has 1 aliphatic heterocycles. The van der Waals surface area contributed by atoms with Crippen molar-refractivity contribution in [1.29, 1.82) is 0 Å². The molecule has 16 heavy (non-hydrogen) atoms. The normalized spacial score (nSPS) is 21.4. The van der Waals surface area contributed by atoms with E-state index in [1.165, 1.54) is 30.5 Å². The minimum atomic E-state index is 0.675. The lowest BCUT2D eigenvalue weighted by atomic mass is 9.92. The fraction of sp³-hybridized carbons (Fsp3) is 0.462. The molecule has 1 saturated heterocycles. The highest BCUT2D eigenvalue weighted by Gasteiger charge is 2.15. The van der Waals surface area contributed by atoms with Gasteiger partial charge in [0, 0.05) is 12.7 Å². The molecule has 2 aromatic rings. The van der Waals surface area contributed by atoms with Crippen LogP contribution in [-0.2, 0) is 0 Å². The maximum absolute atomic E-state index is 4.40. The van der Waals surface area contributed by atoms with Crippen LogP contribution in [0.1, 0.15) is 30.0 Å². The van der Waals surface area contributed by atoms with E-state index in [0.29, 0.717) is 5.92 Å². The zero-order valence-electron chi connectivity index (χ0n) is 9.61. The quantitative estimate of drug-likeness (QED) is 0.789. The minimum absolute atomic E-state index is 0.675. The summed E-state index contributed by atoms with van der Waals surface area (Å²) in [5.41, 5.74) is 3.74. The molecule has 3 rings (SSSR count). The van der Waals surface area contributed by atoms with Crippen molar-refractivity contribution in [2.75, 3.05) is 13.1 Å². The lowest BCUT2D eigenvalue weighted by Crippen LogP contribution is -2.28. The highest BCUT2D eigenvalue weighted by Crippen LogP contribution is 2.24. The second kappa shape index (κ2) is 3.91. The third-order valence-electron chi connectivity index (χ3n) is 3.38. The molecule has 1 unspecified atom stereocenters. The first-order valence-electron chi connectivity index (χ1n) is 5.99. The van der Waals surface area contributed by atoms with Gasteiger partial charge in [-0.15, -0.1) is 0 Å². The second-order valence-electron chi connectivity index (χ2n) is 4.66. The number of piperidine rings is 1. The van der Waals surface area contributed by atoms with Crippen molar-refractivity contribution in [1.82, 2.24) is 14.9 Å². The Morgan fingerprint density at radius 1 is 1.44 bits per heavy atom. The highest BCUT2D eigenvalue weighted by molar-refractivity contribution is 5.50. The molecular formula is C13H17N3. The molecule has 1 fully saturated rings. The van der Waals surface area contributed by atoms with Crippen molar-refractivity contribution in [2.45, 2.75) is 25.7 Å². The Kier molecular flexibility index (Phi) is 2.40. The van der Waals surface area contributed by atoms with Gasteiger partial charge in [0.15, 0.2) is 0 Å². The predicted molar refractivity (Wildman–Crippen MR) is 64.8 cm³/mol. The Morgan fingerprint density at radius 2 is 2.38 bits per heavy atom. The third-order valence-corrected chi connectivity index (χ3v) is 3.38. The van der Waals surface area contributed by atoms with Gasteiger partial charge < -0.3 is 5.32 Å². The maximum Gasteiger partial charge on any atom is 0.0667 e. The average molecular weight is 215 g/mol. The van der Waals surface area contributed by atoms with Crippen LogP contribution >= 0.6 is 0 Å². The number of nitrogens with one attached hydrogen (secondary N) is 1. The summed E-state index contributed by atoms with van der Waals surface area (Å²) in [6, 6.07) is 6.62. The molecule has 1 atom stereocenters. The summed E-state index contributed by atoms with van der Waals surface area (Å²) in [7, 11) is 0. The van der Waals surface area contributed by atoms with Gasteiger partial charge >= 0.3 is 0 Å². The fourth-order valence-corrected chi connectivity index (χ4v) is 2.53. The van der Waals surface area contributed by atoms with Crippen LogP contribution in [-0.4, -0.2) is 22.7 Å². The monoisotopic (exact) mass is 215 g/mol. The number of aryl methyl sites for hydroxylation is 1. The summed E-state index contributed by atoms with van der Waals surface area (Å²) < 4.78 is 1.95. The molecule has 0 bridgehead atoms. The van der Waals surface area contributed by atoms with Crippen LogP contribution in [0.5, 0.6) is 0 Å². The Balaban J connectivity index is 1.97. The number of nitrogens with zero attached hydrogens (tertiary/aromatic N) is 2. The van der Waals surface area contributed by atoms with E-state index in [0.717, 1.165) is 12.2 Å². The number of pyridine rings is 1. The van der Waals surface area contributed by atoms with Crippen LogP contribution in [0.15, 0.2) is 24.4 Å². The molecule has 1 aliphatic rings.